The predicted octanol–water partition coefficient (Wildman–Crippen LogP) is 4.96. The zero-order valence-electron chi connectivity index (χ0n) is 15.3. The second-order valence-electron chi connectivity index (χ2n) is 6.80. The lowest BCUT2D eigenvalue weighted by atomic mass is 10.1. The fourth-order valence-electron chi connectivity index (χ4n) is 2.11. The van der Waals surface area contributed by atoms with Gasteiger partial charge in [0.1, 0.15) is 22.8 Å². The van der Waals surface area contributed by atoms with Gasteiger partial charge in [-0.2, -0.15) is 13.2 Å². The Bertz CT molecular complexity index is 769. The van der Waals surface area contributed by atoms with Gasteiger partial charge in [-0.3, -0.25) is 4.98 Å². The number of halogens is 3. The van der Waals surface area contributed by atoms with Crippen LogP contribution in [0.15, 0.2) is 42.6 Å². The van der Waals surface area contributed by atoms with Gasteiger partial charge in [0, 0.05) is 18.8 Å². The highest BCUT2D eigenvalue weighted by Crippen LogP contribution is 2.31. The molecule has 0 aliphatic heterocycles. The molecule has 1 aromatic heterocycles. The Balaban J connectivity index is 1.88. The van der Waals surface area contributed by atoms with Crippen LogP contribution in [0.3, 0.4) is 0 Å². The Morgan fingerprint density at radius 1 is 1.07 bits per heavy atom. The molecule has 0 saturated heterocycles. The minimum absolute atomic E-state index is 0.0525. The predicted molar refractivity (Wildman–Crippen MR) is 93.7 cm³/mol. The summed E-state index contributed by atoms with van der Waals surface area (Å²) < 4.78 is 48.6. The van der Waals surface area contributed by atoms with E-state index in [0.29, 0.717) is 18.7 Å². The Kier molecular flexibility index (Phi) is 6.30. The maximum atomic E-state index is 12.7. The minimum atomic E-state index is -4.52. The number of rotatable bonds is 5. The third kappa shape index (κ3) is 7.16. The number of alkyl carbamates (subject to hydrolysis) is 1. The first-order valence-corrected chi connectivity index (χ1v) is 8.30. The van der Waals surface area contributed by atoms with Gasteiger partial charge >= 0.3 is 12.3 Å². The molecule has 8 heteroatoms. The first-order valence-electron chi connectivity index (χ1n) is 8.30. The van der Waals surface area contributed by atoms with Gasteiger partial charge < -0.3 is 14.8 Å². The lowest BCUT2D eigenvalue weighted by Gasteiger charge is -2.19. The third-order valence-corrected chi connectivity index (χ3v) is 3.26. The van der Waals surface area contributed by atoms with Crippen molar-refractivity contribution >= 4 is 6.09 Å². The summed E-state index contributed by atoms with van der Waals surface area (Å²) in [5, 5.41) is 2.66. The summed E-state index contributed by atoms with van der Waals surface area (Å²) in [6.07, 6.45) is -3.38. The van der Waals surface area contributed by atoms with Crippen molar-refractivity contribution in [3.8, 4) is 11.5 Å². The van der Waals surface area contributed by atoms with Crippen molar-refractivity contribution in [2.45, 2.75) is 39.0 Å². The first kappa shape index (κ1) is 20.5. The maximum Gasteiger partial charge on any atom is 0.433 e. The number of hydrogen-bond acceptors (Lipinski definition) is 4. The molecular weight excluding hydrogens is 361 g/mol. The van der Waals surface area contributed by atoms with Gasteiger partial charge in [0.15, 0.2) is 0 Å². The number of hydrogen-bond donors (Lipinski definition) is 1. The van der Waals surface area contributed by atoms with Gasteiger partial charge in [0.25, 0.3) is 0 Å². The molecule has 0 radical (unpaired) electrons. The summed E-state index contributed by atoms with van der Waals surface area (Å²) in [5.74, 6) is 0.454. The standard InChI is InChI=1S/C19H21F3N2O3/c1-18(2,3)27-17(25)24-10-8-13-4-6-14(7-5-13)26-15-9-11-23-16(12-15)19(20,21)22/h4-7,9,11-12H,8,10H2,1-3H3,(H,24,25). The average molecular weight is 382 g/mol. The van der Waals surface area contributed by atoms with Gasteiger partial charge in [-0.15, -0.1) is 0 Å². The topological polar surface area (TPSA) is 60.5 Å². The normalized spacial score (nSPS) is 11.8. The second-order valence-corrected chi connectivity index (χ2v) is 6.80. The summed E-state index contributed by atoms with van der Waals surface area (Å²) in [4.78, 5) is 14.9. The van der Waals surface area contributed by atoms with Crippen LogP contribution in [0, 0.1) is 0 Å². The van der Waals surface area contributed by atoms with Crippen molar-refractivity contribution in [1.82, 2.24) is 10.3 Å². The highest BCUT2D eigenvalue weighted by Gasteiger charge is 2.32. The Hall–Kier alpha value is -2.77. The molecule has 0 fully saturated rings. The number of benzene rings is 1. The number of carbonyl (C=O) groups excluding carboxylic acids is 1. The quantitative estimate of drug-likeness (QED) is 0.794. The molecule has 2 rings (SSSR count). The van der Waals surface area contributed by atoms with E-state index < -0.39 is 23.6 Å². The SMILES string of the molecule is CC(C)(C)OC(=O)NCCc1ccc(Oc2ccnc(C(F)(F)F)c2)cc1. The molecule has 2 aromatic rings. The van der Waals surface area contributed by atoms with E-state index in [4.69, 9.17) is 9.47 Å². The summed E-state index contributed by atoms with van der Waals surface area (Å²) in [6, 6.07) is 9.05. The van der Waals surface area contributed by atoms with Gasteiger partial charge in [0.05, 0.1) is 0 Å². The molecule has 0 aliphatic rings. The highest BCUT2D eigenvalue weighted by molar-refractivity contribution is 5.67. The fraction of sp³-hybridized carbons (Fsp3) is 0.368. The largest absolute Gasteiger partial charge is 0.457 e. The number of nitrogens with one attached hydrogen (secondary N) is 1. The van der Waals surface area contributed by atoms with Gasteiger partial charge in [-0.05, 0) is 51.0 Å². The number of carbonyl (C=O) groups is 1. The molecule has 1 heterocycles. The van der Waals surface area contributed by atoms with Crippen LogP contribution in [-0.4, -0.2) is 23.2 Å². The van der Waals surface area contributed by atoms with Crippen LogP contribution in [0.1, 0.15) is 32.0 Å². The summed E-state index contributed by atoms with van der Waals surface area (Å²) >= 11 is 0. The molecular formula is C19H21F3N2O3. The Morgan fingerprint density at radius 3 is 2.33 bits per heavy atom. The summed E-state index contributed by atoms with van der Waals surface area (Å²) in [7, 11) is 0. The molecule has 0 bridgehead atoms. The third-order valence-electron chi connectivity index (χ3n) is 3.26. The molecule has 0 atom stereocenters. The van der Waals surface area contributed by atoms with E-state index in [2.05, 4.69) is 10.3 Å². The number of pyridine rings is 1. The smallest absolute Gasteiger partial charge is 0.433 e. The van der Waals surface area contributed by atoms with Crippen LogP contribution in [-0.2, 0) is 17.3 Å². The van der Waals surface area contributed by atoms with Crippen molar-refractivity contribution in [3.63, 3.8) is 0 Å². The minimum Gasteiger partial charge on any atom is -0.457 e. The molecule has 0 saturated carbocycles. The van der Waals surface area contributed by atoms with E-state index in [1.54, 1.807) is 45.0 Å². The van der Waals surface area contributed by atoms with Crippen molar-refractivity contribution < 1.29 is 27.4 Å². The molecule has 0 aliphatic carbocycles. The van der Waals surface area contributed by atoms with Gasteiger partial charge in [-0.25, -0.2) is 4.79 Å². The zero-order chi connectivity index (χ0) is 20.1. The van der Waals surface area contributed by atoms with E-state index in [1.165, 1.54) is 6.07 Å². The van der Waals surface area contributed by atoms with Crippen molar-refractivity contribution in [2.75, 3.05) is 6.54 Å². The molecule has 1 amide bonds. The number of amides is 1. The van der Waals surface area contributed by atoms with Crippen LogP contribution in [0.5, 0.6) is 11.5 Å². The van der Waals surface area contributed by atoms with Gasteiger partial charge in [0.2, 0.25) is 0 Å². The highest BCUT2D eigenvalue weighted by atomic mass is 19.4. The van der Waals surface area contributed by atoms with Crippen molar-refractivity contribution in [3.05, 3.63) is 53.9 Å². The van der Waals surface area contributed by atoms with E-state index in [-0.39, 0.29) is 5.75 Å². The van der Waals surface area contributed by atoms with Crippen LogP contribution in [0.4, 0.5) is 18.0 Å². The Morgan fingerprint density at radius 2 is 1.74 bits per heavy atom. The summed E-state index contributed by atoms with van der Waals surface area (Å²) in [6.45, 7) is 5.75. The summed E-state index contributed by atoms with van der Waals surface area (Å²) in [5.41, 5.74) is -0.629. The van der Waals surface area contributed by atoms with E-state index >= 15 is 0 Å². The van der Waals surface area contributed by atoms with E-state index in [9.17, 15) is 18.0 Å². The van der Waals surface area contributed by atoms with Crippen LogP contribution in [0.2, 0.25) is 0 Å². The van der Waals surface area contributed by atoms with Gasteiger partial charge in [-0.1, -0.05) is 12.1 Å². The molecule has 0 unspecified atom stereocenters. The van der Waals surface area contributed by atoms with Crippen molar-refractivity contribution in [1.29, 1.82) is 0 Å². The molecule has 5 nitrogen and oxygen atoms in total. The number of alkyl halides is 3. The zero-order valence-corrected chi connectivity index (χ0v) is 15.3. The molecule has 1 aromatic carbocycles. The molecule has 1 N–H and O–H groups in total. The Labute approximate surface area is 155 Å². The number of nitrogens with zero attached hydrogens (tertiary/aromatic N) is 1. The molecule has 146 valence electrons. The average Bonchev–Trinajstić information content (AvgIpc) is 2.54. The first-order chi connectivity index (χ1) is 12.5. The van der Waals surface area contributed by atoms with Crippen LogP contribution < -0.4 is 10.1 Å². The van der Waals surface area contributed by atoms with Crippen LogP contribution >= 0.6 is 0 Å². The van der Waals surface area contributed by atoms with Crippen molar-refractivity contribution in [2.24, 2.45) is 0 Å². The lowest BCUT2D eigenvalue weighted by Crippen LogP contribution is -2.33. The van der Waals surface area contributed by atoms with Crippen LogP contribution in [0.25, 0.3) is 0 Å². The second kappa shape index (κ2) is 8.28. The fourth-order valence-corrected chi connectivity index (χ4v) is 2.11. The lowest BCUT2D eigenvalue weighted by molar-refractivity contribution is -0.141. The monoisotopic (exact) mass is 382 g/mol. The number of aromatic nitrogens is 1. The molecule has 0 spiro atoms. The number of ether oxygens (including phenoxy) is 2. The maximum absolute atomic E-state index is 12.7. The molecule has 27 heavy (non-hydrogen) atoms. The van der Waals surface area contributed by atoms with E-state index in [1.807, 2.05) is 0 Å². The van der Waals surface area contributed by atoms with E-state index in [0.717, 1.165) is 17.8 Å².